The maximum atomic E-state index is 13.8. The Labute approximate surface area is 312 Å². The monoisotopic (exact) mass is 780 g/mol. The highest BCUT2D eigenvalue weighted by molar-refractivity contribution is 5.88. The molecule has 294 valence electrons. The number of esters is 1. The standard InChI is InChI=1S/C36H32N2O18/c37-22-5-2-13(12-38-22)8-15-20(11-21-23(24(15)42)18(41)10-19(52-21)14-3-4-16(39)17(40)9-14)53-31-27(45)26(44)30(48)36(56-31)7-1-6-35(33(49)50)29(47)25(43)28(46)32(55-35)54-34(36)51/h2-5,9-12,25-32,39-40,42-48H,7-8H2,(H2,37,38)(H,49,50)/t25-,26-,27-,28-,29+,30+,31+,32+,35+,36+/m1/s1. The van der Waals surface area contributed by atoms with Gasteiger partial charge < -0.3 is 80.2 Å². The number of phenols is 3. The lowest BCUT2D eigenvalue weighted by atomic mass is 9.83. The highest BCUT2D eigenvalue weighted by Gasteiger charge is 2.64. The number of hydrogen-bond donors (Lipinski definition) is 11. The maximum Gasteiger partial charge on any atom is 0.351 e. The number of aliphatic hydroxyl groups excluding tert-OH is 6. The number of aliphatic carboxylic acids is 1. The first kappa shape index (κ1) is 38.3. The van der Waals surface area contributed by atoms with Gasteiger partial charge in [-0.3, -0.25) is 4.79 Å². The van der Waals surface area contributed by atoms with Gasteiger partial charge in [0.2, 0.25) is 18.2 Å². The third-order valence-corrected chi connectivity index (χ3v) is 9.73. The van der Waals surface area contributed by atoms with Crippen LogP contribution < -0.4 is 15.9 Å². The van der Waals surface area contributed by atoms with Crippen molar-refractivity contribution in [1.29, 1.82) is 0 Å². The SMILES string of the molecule is Nc1ccc(Cc2c(O[C@H]3O[C@@]4(CC#C[C@]5(C(=O)O)O[C@H](OC4=O)[C@H](O)[C@@H](O)[C@@H]5O)[C@@H](O)[C@H](O)[C@H]3O)cc3oc(-c4ccc(O)c(O)c4)cc(=O)c3c2O)cn1. The van der Waals surface area contributed by atoms with Crippen molar-refractivity contribution in [3.8, 4) is 46.2 Å². The molecule has 10 atom stereocenters. The molecule has 20 nitrogen and oxygen atoms in total. The Morgan fingerprint density at radius 1 is 0.911 bits per heavy atom. The van der Waals surface area contributed by atoms with Crippen LogP contribution in [0.5, 0.6) is 23.0 Å². The third-order valence-electron chi connectivity index (χ3n) is 9.73. The number of ether oxygens (including phenoxy) is 4. The molecule has 3 aliphatic heterocycles. The van der Waals surface area contributed by atoms with Crippen LogP contribution in [-0.2, 0) is 30.2 Å². The summed E-state index contributed by atoms with van der Waals surface area (Å²) in [6, 6.07) is 8.68. The number of carbonyl (C=O) groups excluding carboxylic acids is 1. The molecule has 56 heavy (non-hydrogen) atoms. The molecular weight excluding hydrogens is 748 g/mol. The maximum absolute atomic E-state index is 13.8. The minimum absolute atomic E-state index is 0.131. The second-order valence-corrected chi connectivity index (χ2v) is 13.3. The molecule has 2 fully saturated rings. The van der Waals surface area contributed by atoms with Gasteiger partial charge >= 0.3 is 11.9 Å². The number of benzene rings is 2. The van der Waals surface area contributed by atoms with E-state index in [-0.39, 0.29) is 40.1 Å². The normalized spacial score (nSPS) is 31.4. The molecule has 2 aromatic carbocycles. The molecule has 0 saturated carbocycles. The molecule has 1 spiro atoms. The van der Waals surface area contributed by atoms with E-state index in [1.807, 2.05) is 0 Å². The number of fused-ring (bicyclic) bond motifs is 3. The Hall–Kier alpha value is -6.02. The van der Waals surface area contributed by atoms with Crippen LogP contribution in [0.2, 0.25) is 0 Å². The quantitative estimate of drug-likeness (QED) is 0.0568. The fourth-order valence-electron chi connectivity index (χ4n) is 6.59. The van der Waals surface area contributed by atoms with Crippen LogP contribution >= 0.6 is 0 Å². The van der Waals surface area contributed by atoms with E-state index in [9.17, 15) is 65.4 Å². The minimum Gasteiger partial charge on any atom is -0.507 e. The summed E-state index contributed by atoms with van der Waals surface area (Å²) in [5.74, 6) is -1.31. The molecule has 5 heterocycles. The van der Waals surface area contributed by atoms with E-state index in [1.54, 1.807) is 0 Å². The summed E-state index contributed by atoms with van der Waals surface area (Å²) >= 11 is 0. The van der Waals surface area contributed by atoms with Crippen molar-refractivity contribution in [2.24, 2.45) is 0 Å². The Morgan fingerprint density at radius 3 is 2.32 bits per heavy atom. The predicted molar refractivity (Wildman–Crippen MR) is 182 cm³/mol. The number of hydrogen-bond acceptors (Lipinski definition) is 19. The summed E-state index contributed by atoms with van der Waals surface area (Å²) in [5.41, 5.74) is -0.793. The highest BCUT2D eigenvalue weighted by Crippen LogP contribution is 2.43. The molecule has 0 amide bonds. The fourth-order valence-corrected chi connectivity index (χ4v) is 6.59. The van der Waals surface area contributed by atoms with Crippen molar-refractivity contribution in [2.45, 2.75) is 73.2 Å². The van der Waals surface area contributed by atoms with Gasteiger partial charge in [-0.2, -0.15) is 0 Å². The van der Waals surface area contributed by atoms with Crippen LogP contribution in [0.4, 0.5) is 5.82 Å². The molecule has 7 rings (SSSR count). The average Bonchev–Trinajstić information content (AvgIpc) is 3.21. The van der Waals surface area contributed by atoms with Gasteiger partial charge in [0.05, 0.1) is 6.42 Å². The Bertz CT molecular complexity index is 2360. The van der Waals surface area contributed by atoms with Gasteiger partial charge in [0.15, 0.2) is 16.9 Å². The van der Waals surface area contributed by atoms with Gasteiger partial charge in [-0.15, -0.1) is 0 Å². The van der Waals surface area contributed by atoms with E-state index in [1.165, 1.54) is 24.4 Å². The predicted octanol–water partition coefficient (Wildman–Crippen LogP) is -2.09. The zero-order valence-corrected chi connectivity index (χ0v) is 28.4. The Morgan fingerprint density at radius 2 is 1.64 bits per heavy atom. The zero-order valence-electron chi connectivity index (χ0n) is 28.4. The van der Waals surface area contributed by atoms with Crippen LogP contribution in [0, 0.1) is 11.8 Å². The van der Waals surface area contributed by atoms with Crippen molar-refractivity contribution in [3.05, 3.63) is 70.0 Å². The minimum atomic E-state index is -2.96. The summed E-state index contributed by atoms with van der Waals surface area (Å²) < 4.78 is 28.1. The highest BCUT2D eigenvalue weighted by atomic mass is 16.8. The first-order valence-corrected chi connectivity index (χ1v) is 16.6. The molecule has 20 heteroatoms. The Balaban J connectivity index is 1.34. The number of pyridine rings is 1. The number of phenolic OH excluding ortho intramolecular Hbond substituents is 3. The number of nitrogens with two attached hydrogens (primary N) is 1. The third kappa shape index (κ3) is 6.17. The van der Waals surface area contributed by atoms with Gasteiger partial charge in [-0.05, 0) is 29.8 Å². The number of anilines is 1. The summed E-state index contributed by atoms with van der Waals surface area (Å²) in [4.78, 5) is 43.6. The lowest BCUT2D eigenvalue weighted by Gasteiger charge is -2.47. The number of nitrogens with zero attached hydrogens (tertiary/aromatic N) is 1. The summed E-state index contributed by atoms with van der Waals surface area (Å²) in [6.07, 6.45) is -18.2. The van der Waals surface area contributed by atoms with Crippen LogP contribution in [0.25, 0.3) is 22.3 Å². The lowest BCUT2D eigenvalue weighted by Crippen LogP contribution is -2.70. The smallest absolute Gasteiger partial charge is 0.351 e. The van der Waals surface area contributed by atoms with Crippen LogP contribution in [0.3, 0.4) is 0 Å². The van der Waals surface area contributed by atoms with Crippen LogP contribution in [0.1, 0.15) is 17.5 Å². The summed E-state index contributed by atoms with van der Waals surface area (Å²) in [5, 5.41) is 106. The average molecular weight is 781 g/mol. The van der Waals surface area contributed by atoms with Crippen molar-refractivity contribution in [1.82, 2.24) is 4.98 Å². The van der Waals surface area contributed by atoms with Gasteiger partial charge in [-0.25, -0.2) is 14.6 Å². The number of aliphatic hydroxyl groups is 6. The molecule has 12 N–H and O–H groups in total. The molecule has 2 aromatic heterocycles. The fraction of sp³-hybridized carbons (Fsp3) is 0.333. The van der Waals surface area contributed by atoms with Gasteiger partial charge in [0, 0.05) is 35.9 Å². The molecular formula is C36H32N2O18. The number of nitrogen functional groups attached to an aromatic ring is 1. The van der Waals surface area contributed by atoms with E-state index >= 15 is 0 Å². The molecule has 2 bridgehead atoms. The molecule has 3 aliphatic rings. The molecule has 4 aromatic rings. The van der Waals surface area contributed by atoms with Crippen LogP contribution in [-0.4, -0.2) is 128 Å². The van der Waals surface area contributed by atoms with Crippen molar-refractivity contribution < 1.29 is 84.0 Å². The first-order valence-electron chi connectivity index (χ1n) is 16.6. The molecule has 0 radical (unpaired) electrons. The van der Waals surface area contributed by atoms with Crippen molar-refractivity contribution in [2.75, 3.05) is 5.73 Å². The molecule has 0 unspecified atom stereocenters. The molecule has 2 saturated heterocycles. The van der Waals surface area contributed by atoms with Gasteiger partial charge in [-0.1, -0.05) is 17.9 Å². The Kier molecular flexibility index (Phi) is 9.52. The van der Waals surface area contributed by atoms with E-state index < -0.39 is 107 Å². The number of rotatable bonds is 6. The van der Waals surface area contributed by atoms with E-state index in [4.69, 9.17) is 29.1 Å². The van der Waals surface area contributed by atoms with Crippen molar-refractivity contribution >= 4 is 28.7 Å². The zero-order chi connectivity index (χ0) is 40.4. The summed E-state index contributed by atoms with van der Waals surface area (Å²) in [7, 11) is 0. The van der Waals surface area contributed by atoms with E-state index in [0.717, 1.165) is 24.3 Å². The largest absolute Gasteiger partial charge is 0.507 e. The van der Waals surface area contributed by atoms with Crippen molar-refractivity contribution in [3.63, 3.8) is 0 Å². The molecule has 0 aliphatic carbocycles. The van der Waals surface area contributed by atoms with E-state index in [0.29, 0.717) is 5.56 Å². The number of carboxylic acids is 1. The number of carboxylic acid groups (broad SMARTS) is 1. The van der Waals surface area contributed by atoms with Gasteiger partial charge in [0.25, 0.3) is 5.60 Å². The summed E-state index contributed by atoms with van der Waals surface area (Å²) in [6.45, 7) is 0. The number of carbonyl (C=O) groups is 2. The first-order chi connectivity index (χ1) is 26.5. The van der Waals surface area contributed by atoms with Crippen LogP contribution in [0.15, 0.2) is 57.9 Å². The second kappa shape index (κ2) is 13.9. The number of aromatic hydroxyl groups is 3. The lowest BCUT2D eigenvalue weighted by molar-refractivity contribution is -0.329. The van der Waals surface area contributed by atoms with Gasteiger partial charge in [0.1, 0.15) is 70.7 Å². The second-order valence-electron chi connectivity index (χ2n) is 13.3. The topological polar surface area (TPSA) is 342 Å². The number of aromatic nitrogens is 1. The van der Waals surface area contributed by atoms with E-state index in [2.05, 4.69) is 16.8 Å².